The molecule has 0 aromatic heterocycles. The first-order valence-corrected chi connectivity index (χ1v) is 11.9. The summed E-state index contributed by atoms with van der Waals surface area (Å²) in [5.74, 6) is -1.74. The number of fused-ring (bicyclic) bond motifs is 3. The average molecular weight is 477 g/mol. The minimum atomic E-state index is -1.15. The van der Waals surface area contributed by atoms with Crippen LogP contribution in [0.25, 0.3) is 11.1 Å². The number of ether oxygens (including phenoxy) is 1. The van der Waals surface area contributed by atoms with Crippen LogP contribution in [0.2, 0.25) is 0 Å². The molecule has 0 bridgehead atoms. The number of hydrogen-bond donors (Lipinski definition) is 3. The Hall–Kier alpha value is -3.61. The number of alkyl carbamates (subject to hydrolysis) is 1. The van der Waals surface area contributed by atoms with Crippen LogP contribution >= 0.6 is 0 Å². The van der Waals surface area contributed by atoms with Crippen molar-refractivity contribution in [3.05, 3.63) is 71.8 Å². The lowest BCUT2D eigenvalue weighted by molar-refractivity contribution is -0.152. The van der Waals surface area contributed by atoms with Crippen molar-refractivity contribution < 1.29 is 24.2 Å². The Labute approximate surface area is 205 Å². The number of carboxylic acid groups (broad SMARTS) is 1. The maximum absolute atomic E-state index is 12.8. The number of carbonyl (C=O) groups is 3. The van der Waals surface area contributed by atoms with Gasteiger partial charge >= 0.3 is 12.1 Å². The van der Waals surface area contributed by atoms with E-state index in [2.05, 4.69) is 34.9 Å². The van der Waals surface area contributed by atoms with Gasteiger partial charge in [0.25, 0.3) is 0 Å². The molecule has 2 aliphatic carbocycles. The fraction of sp³-hybridized carbons (Fsp3) is 0.393. The molecular formula is C28H32N2O5. The summed E-state index contributed by atoms with van der Waals surface area (Å²) in [6.45, 7) is 6.79. The zero-order valence-electron chi connectivity index (χ0n) is 20.5. The lowest BCUT2D eigenvalue weighted by Gasteiger charge is -2.39. The van der Waals surface area contributed by atoms with Gasteiger partial charge in [-0.2, -0.15) is 0 Å². The van der Waals surface area contributed by atoms with Crippen molar-refractivity contribution in [2.45, 2.75) is 51.6 Å². The van der Waals surface area contributed by atoms with Gasteiger partial charge in [0, 0.05) is 11.5 Å². The van der Waals surface area contributed by atoms with E-state index in [1.54, 1.807) is 39.8 Å². The second-order valence-electron chi connectivity index (χ2n) is 10.3. The zero-order valence-corrected chi connectivity index (χ0v) is 20.5. The predicted octanol–water partition coefficient (Wildman–Crippen LogP) is 4.48. The van der Waals surface area contributed by atoms with Crippen LogP contribution in [-0.2, 0) is 14.3 Å². The van der Waals surface area contributed by atoms with Crippen molar-refractivity contribution in [3.8, 4) is 11.1 Å². The molecule has 4 rings (SSSR count). The molecule has 0 saturated carbocycles. The molecule has 0 radical (unpaired) electrons. The number of rotatable bonds is 7. The lowest BCUT2D eigenvalue weighted by Crippen LogP contribution is -2.58. The molecule has 2 aromatic rings. The van der Waals surface area contributed by atoms with Gasteiger partial charge in [-0.15, -0.1) is 0 Å². The molecule has 184 valence electrons. The third-order valence-electron chi connectivity index (χ3n) is 7.60. The summed E-state index contributed by atoms with van der Waals surface area (Å²) in [7, 11) is 0. The zero-order chi connectivity index (χ0) is 25.4. The van der Waals surface area contributed by atoms with Crippen molar-refractivity contribution >= 4 is 18.0 Å². The number of carboxylic acids is 1. The molecule has 0 spiro atoms. The van der Waals surface area contributed by atoms with Gasteiger partial charge in [0.05, 0.1) is 17.4 Å². The fourth-order valence-corrected chi connectivity index (χ4v) is 4.62. The minimum absolute atomic E-state index is 0.0226. The van der Waals surface area contributed by atoms with E-state index in [1.165, 1.54) is 11.1 Å². The molecule has 3 N–H and O–H groups in total. The van der Waals surface area contributed by atoms with E-state index < -0.39 is 28.9 Å². The Morgan fingerprint density at radius 2 is 1.51 bits per heavy atom. The lowest BCUT2D eigenvalue weighted by atomic mass is 9.74. The predicted molar refractivity (Wildman–Crippen MR) is 133 cm³/mol. The minimum Gasteiger partial charge on any atom is -0.481 e. The Morgan fingerprint density at radius 1 is 0.943 bits per heavy atom. The molecule has 7 heteroatoms. The van der Waals surface area contributed by atoms with Crippen LogP contribution in [0.5, 0.6) is 0 Å². The van der Waals surface area contributed by atoms with Crippen molar-refractivity contribution in [2.75, 3.05) is 6.61 Å². The number of aliphatic carboxylic acids is 1. The van der Waals surface area contributed by atoms with Gasteiger partial charge in [0.2, 0.25) is 5.91 Å². The summed E-state index contributed by atoms with van der Waals surface area (Å²) in [4.78, 5) is 37.0. The molecule has 2 unspecified atom stereocenters. The second-order valence-corrected chi connectivity index (χ2v) is 10.3. The molecule has 0 aliphatic heterocycles. The van der Waals surface area contributed by atoms with Gasteiger partial charge in [-0.3, -0.25) is 9.59 Å². The van der Waals surface area contributed by atoms with Crippen LogP contribution < -0.4 is 10.6 Å². The molecule has 0 fully saturated rings. The Morgan fingerprint density at radius 3 is 2.09 bits per heavy atom. The molecule has 2 aromatic carbocycles. The Bertz CT molecular complexity index is 1140. The first kappa shape index (κ1) is 24.5. The molecule has 2 atom stereocenters. The number of hydrogen-bond acceptors (Lipinski definition) is 4. The molecule has 2 amide bonds. The monoisotopic (exact) mass is 476 g/mol. The highest BCUT2D eigenvalue weighted by Crippen LogP contribution is 2.44. The summed E-state index contributed by atoms with van der Waals surface area (Å²) in [5.41, 5.74) is 2.51. The van der Waals surface area contributed by atoms with Crippen LogP contribution in [0.1, 0.15) is 51.2 Å². The van der Waals surface area contributed by atoms with Crippen LogP contribution in [0.4, 0.5) is 4.79 Å². The summed E-state index contributed by atoms with van der Waals surface area (Å²) in [6.07, 6.45) is 3.38. The SMILES string of the molecule is CC(C)(NC(=O)C1C=CC(NC(=O)OCC2c3ccccc3-c3ccccc32)C1)C(C)(C)C(=O)O. The average Bonchev–Trinajstić information content (AvgIpc) is 3.40. The van der Waals surface area contributed by atoms with Crippen molar-refractivity contribution in [3.63, 3.8) is 0 Å². The molecular weight excluding hydrogens is 444 g/mol. The largest absolute Gasteiger partial charge is 0.481 e. The van der Waals surface area contributed by atoms with Gasteiger partial charge in [0.15, 0.2) is 0 Å². The van der Waals surface area contributed by atoms with E-state index in [-0.39, 0.29) is 24.5 Å². The normalized spacial score (nSPS) is 19.1. The first-order chi connectivity index (χ1) is 16.5. The summed E-state index contributed by atoms with van der Waals surface area (Å²) >= 11 is 0. The molecule has 2 aliphatic rings. The molecule has 7 nitrogen and oxygen atoms in total. The van der Waals surface area contributed by atoms with Gasteiger partial charge in [-0.25, -0.2) is 4.79 Å². The summed E-state index contributed by atoms with van der Waals surface area (Å²) < 4.78 is 5.60. The van der Waals surface area contributed by atoms with E-state index >= 15 is 0 Å². The van der Waals surface area contributed by atoms with Gasteiger partial charge in [-0.05, 0) is 56.4 Å². The third-order valence-corrected chi connectivity index (χ3v) is 7.60. The van der Waals surface area contributed by atoms with E-state index in [1.807, 2.05) is 24.3 Å². The van der Waals surface area contributed by atoms with E-state index in [9.17, 15) is 19.5 Å². The maximum Gasteiger partial charge on any atom is 0.407 e. The first-order valence-electron chi connectivity index (χ1n) is 11.9. The topological polar surface area (TPSA) is 105 Å². The summed E-state index contributed by atoms with van der Waals surface area (Å²) in [6, 6.07) is 16.0. The van der Waals surface area contributed by atoms with E-state index in [0.717, 1.165) is 11.1 Å². The second kappa shape index (κ2) is 9.21. The Balaban J connectivity index is 1.31. The smallest absolute Gasteiger partial charge is 0.407 e. The van der Waals surface area contributed by atoms with E-state index in [0.29, 0.717) is 6.42 Å². The van der Waals surface area contributed by atoms with E-state index in [4.69, 9.17) is 4.74 Å². The molecule has 0 saturated heterocycles. The number of amides is 2. The highest BCUT2D eigenvalue weighted by molar-refractivity contribution is 5.84. The van der Waals surface area contributed by atoms with Crippen LogP contribution in [0.15, 0.2) is 60.7 Å². The van der Waals surface area contributed by atoms with Gasteiger partial charge in [0.1, 0.15) is 6.61 Å². The molecule has 0 heterocycles. The summed E-state index contributed by atoms with van der Waals surface area (Å²) in [5, 5.41) is 15.2. The van der Waals surface area contributed by atoms with Crippen molar-refractivity contribution in [1.29, 1.82) is 0 Å². The van der Waals surface area contributed by atoms with Crippen LogP contribution in [0, 0.1) is 11.3 Å². The van der Waals surface area contributed by atoms with Crippen molar-refractivity contribution in [2.24, 2.45) is 11.3 Å². The highest BCUT2D eigenvalue weighted by Gasteiger charge is 2.45. The number of carbonyl (C=O) groups excluding carboxylic acids is 2. The fourth-order valence-electron chi connectivity index (χ4n) is 4.62. The van der Waals surface area contributed by atoms with Crippen LogP contribution in [0.3, 0.4) is 0 Å². The quantitative estimate of drug-likeness (QED) is 0.511. The van der Waals surface area contributed by atoms with Gasteiger partial charge < -0.3 is 20.5 Å². The highest BCUT2D eigenvalue weighted by atomic mass is 16.5. The maximum atomic E-state index is 12.8. The number of nitrogens with one attached hydrogen (secondary N) is 2. The number of benzene rings is 2. The standard InChI is InChI=1S/C28H32N2O5/c1-27(2,25(32)33)28(3,4)30-24(31)17-13-14-18(15-17)29-26(34)35-16-23-21-11-7-5-9-19(21)20-10-6-8-12-22(20)23/h5-14,17-18,23H,15-16H2,1-4H3,(H,29,34)(H,30,31)(H,32,33). The van der Waals surface area contributed by atoms with Crippen molar-refractivity contribution in [1.82, 2.24) is 10.6 Å². The van der Waals surface area contributed by atoms with Crippen LogP contribution in [-0.4, -0.2) is 41.3 Å². The third kappa shape index (κ3) is 4.67. The van der Waals surface area contributed by atoms with Gasteiger partial charge in [-0.1, -0.05) is 60.7 Å². The molecule has 35 heavy (non-hydrogen) atoms. The Kier molecular flexibility index (Phi) is 6.45.